The van der Waals surface area contributed by atoms with Gasteiger partial charge in [-0.15, -0.1) is 5.10 Å². The number of H-pyrrole nitrogens is 1. The van der Waals surface area contributed by atoms with Crippen molar-refractivity contribution in [1.82, 2.24) is 20.5 Å². The Bertz CT molecular complexity index is 836. The average molecular weight is 373 g/mol. The van der Waals surface area contributed by atoms with Crippen LogP contribution in [0.25, 0.3) is 11.4 Å². The molecule has 1 heterocycles. The maximum Gasteiger partial charge on any atom is 0.230 e. The Morgan fingerprint density at radius 3 is 2.64 bits per heavy atom. The number of halogens is 1. The van der Waals surface area contributed by atoms with Crippen LogP contribution in [0.5, 0.6) is 0 Å². The van der Waals surface area contributed by atoms with E-state index in [0.717, 1.165) is 11.1 Å². The van der Waals surface area contributed by atoms with Crippen LogP contribution in [-0.2, 0) is 4.79 Å². The fraction of sp³-hybridized carbons (Fsp3) is 0.167. The van der Waals surface area contributed by atoms with Crippen LogP contribution in [0.4, 0.5) is 0 Å². The highest BCUT2D eigenvalue weighted by molar-refractivity contribution is 7.99. The van der Waals surface area contributed by atoms with E-state index in [1.807, 2.05) is 49.4 Å². The van der Waals surface area contributed by atoms with Crippen LogP contribution in [-0.4, -0.2) is 26.8 Å². The van der Waals surface area contributed by atoms with Gasteiger partial charge in [-0.25, -0.2) is 4.98 Å². The first kappa shape index (κ1) is 17.5. The molecule has 0 bridgehead atoms. The molecule has 0 spiro atoms. The molecule has 0 fully saturated rings. The minimum atomic E-state index is -0.0563. The SMILES string of the molecule is CC(NC(=O)CSc1n[nH]c(-c2ccc(Cl)cc2)n1)c1ccccc1. The minimum absolute atomic E-state index is 0.0360. The van der Waals surface area contributed by atoms with Crippen molar-refractivity contribution >= 4 is 29.3 Å². The summed E-state index contributed by atoms with van der Waals surface area (Å²) in [4.78, 5) is 16.5. The van der Waals surface area contributed by atoms with E-state index in [2.05, 4.69) is 20.5 Å². The predicted octanol–water partition coefficient (Wildman–Crippen LogP) is 4.09. The van der Waals surface area contributed by atoms with Gasteiger partial charge in [0.25, 0.3) is 0 Å². The van der Waals surface area contributed by atoms with Gasteiger partial charge in [0.1, 0.15) is 0 Å². The zero-order valence-electron chi connectivity index (χ0n) is 13.6. The smallest absolute Gasteiger partial charge is 0.230 e. The Morgan fingerprint density at radius 1 is 1.20 bits per heavy atom. The van der Waals surface area contributed by atoms with Crippen LogP contribution in [0.15, 0.2) is 59.8 Å². The fourth-order valence-corrected chi connectivity index (χ4v) is 3.02. The Morgan fingerprint density at radius 2 is 1.92 bits per heavy atom. The topological polar surface area (TPSA) is 70.7 Å². The second-order valence-electron chi connectivity index (χ2n) is 5.46. The monoisotopic (exact) mass is 372 g/mol. The van der Waals surface area contributed by atoms with E-state index in [0.29, 0.717) is 16.0 Å². The number of thioether (sulfide) groups is 1. The number of aromatic nitrogens is 3. The Kier molecular flexibility index (Phi) is 5.73. The molecule has 0 saturated carbocycles. The van der Waals surface area contributed by atoms with Gasteiger partial charge in [0.2, 0.25) is 11.1 Å². The standard InChI is InChI=1S/C18H17ClN4OS/c1-12(13-5-3-2-4-6-13)20-16(24)11-25-18-21-17(22-23-18)14-7-9-15(19)10-8-14/h2-10,12H,11H2,1H3,(H,20,24)(H,21,22,23). The lowest BCUT2D eigenvalue weighted by atomic mass is 10.1. The summed E-state index contributed by atoms with van der Waals surface area (Å²) in [6.45, 7) is 1.96. The first-order chi connectivity index (χ1) is 12.1. The number of amides is 1. The van der Waals surface area contributed by atoms with E-state index in [9.17, 15) is 4.79 Å². The fourth-order valence-electron chi connectivity index (χ4n) is 2.29. The highest BCUT2D eigenvalue weighted by Gasteiger charge is 2.12. The zero-order valence-corrected chi connectivity index (χ0v) is 15.1. The molecule has 1 unspecified atom stereocenters. The van der Waals surface area contributed by atoms with Gasteiger partial charge in [0, 0.05) is 10.6 Å². The molecular weight excluding hydrogens is 356 g/mol. The van der Waals surface area contributed by atoms with E-state index >= 15 is 0 Å². The number of rotatable bonds is 6. The van der Waals surface area contributed by atoms with E-state index < -0.39 is 0 Å². The average Bonchev–Trinajstić information content (AvgIpc) is 3.10. The number of carbonyl (C=O) groups excluding carboxylic acids is 1. The second-order valence-corrected chi connectivity index (χ2v) is 6.84. The number of carbonyl (C=O) groups is 1. The van der Waals surface area contributed by atoms with Gasteiger partial charge < -0.3 is 5.32 Å². The number of hydrogen-bond donors (Lipinski definition) is 2. The molecule has 128 valence electrons. The molecule has 7 heteroatoms. The van der Waals surface area contributed by atoms with Crippen molar-refractivity contribution in [3.05, 3.63) is 65.2 Å². The number of nitrogens with zero attached hydrogens (tertiary/aromatic N) is 2. The largest absolute Gasteiger partial charge is 0.349 e. The summed E-state index contributed by atoms with van der Waals surface area (Å²) in [5, 5.41) is 11.2. The number of hydrogen-bond acceptors (Lipinski definition) is 4. The molecule has 1 aromatic heterocycles. The lowest BCUT2D eigenvalue weighted by molar-refractivity contribution is -0.119. The minimum Gasteiger partial charge on any atom is -0.349 e. The summed E-state index contributed by atoms with van der Waals surface area (Å²) >= 11 is 7.17. The molecule has 3 aromatic rings. The van der Waals surface area contributed by atoms with Gasteiger partial charge >= 0.3 is 0 Å². The van der Waals surface area contributed by atoms with Gasteiger partial charge in [-0.05, 0) is 36.8 Å². The van der Waals surface area contributed by atoms with Gasteiger partial charge in [-0.1, -0.05) is 53.7 Å². The summed E-state index contributed by atoms with van der Waals surface area (Å²) in [5.74, 6) is 0.853. The van der Waals surface area contributed by atoms with Crippen molar-refractivity contribution in [2.24, 2.45) is 0 Å². The van der Waals surface area contributed by atoms with Gasteiger partial charge in [0.05, 0.1) is 11.8 Å². The van der Waals surface area contributed by atoms with Crippen LogP contribution in [0.2, 0.25) is 5.02 Å². The first-order valence-corrected chi connectivity index (χ1v) is 9.13. The van der Waals surface area contributed by atoms with Crippen LogP contribution in [0, 0.1) is 0 Å². The maximum absolute atomic E-state index is 12.1. The predicted molar refractivity (Wildman–Crippen MR) is 101 cm³/mol. The van der Waals surface area contributed by atoms with Crippen LogP contribution in [0.1, 0.15) is 18.5 Å². The molecule has 0 aliphatic heterocycles. The summed E-state index contributed by atoms with van der Waals surface area (Å²) in [5.41, 5.74) is 1.97. The Labute approximate surface area is 155 Å². The molecule has 3 rings (SSSR count). The Balaban J connectivity index is 1.53. The summed E-state index contributed by atoms with van der Waals surface area (Å²) in [6, 6.07) is 17.1. The third-order valence-electron chi connectivity index (χ3n) is 3.59. The normalized spacial score (nSPS) is 11.9. The maximum atomic E-state index is 12.1. The lowest BCUT2D eigenvalue weighted by Gasteiger charge is -2.13. The highest BCUT2D eigenvalue weighted by Crippen LogP contribution is 2.21. The van der Waals surface area contributed by atoms with Gasteiger partial charge in [-0.2, -0.15) is 0 Å². The zero-order chi connectivity index (χ0) is 17.6. The third kappa shape index (κ3) is 4.84. The van der Waals surface area contributed by atoms with E-state index in [1.54, 1.807) is 12.1 Å². The van der Waals surface area contributed by atoms with Gasteiger partial charge in [0.15, 0.2) is 5.82 Å². The number of benzene rings is 2. The second kappa shape index (κ2) is 8.18. The molecule has 2 N–H and O–H groups in total. The van der Waals surface area contributed by atoms with E-state index in [-0.39, 0.29) is 17.7 Å². The highest BCUT2D eigenvalue weighted by atomic mass is 35.5. The van der Waals surface area contributed by atoms with Crippen molar-refractivity contribution < 1.29 is 4.79 Å². The van der Waals surface area contributed by atoms with Crippen molar-refractivity contribution in [1.29, 1.82) is 0 Å². The van der Waals surface area contributed by atoms with Crippen LogP contribution in [0.3, 0.4) is 0 Å². The van der Waals surface area contributed by atoms with Crippen molar-refractivity contribution in [3.63, 3.8) is 0 Å². The van der Waals surface area contributed by atoms with Crippen molar-refractivity contribution in [3.8, 4) is 11.4 Å². The molecule has 1 amide bonds. The Hall–Kier alpha value is -2.31. The molecule has 1 atom stereocenters. The molecule has 5 nitrogen and oxygen atoms in total. The lowest BCUT2D eigenvalue weighted by Crippen LogP contribution is -2.28. The summed E-state index contributed by atoms with van der Waals surface area (Å²) in [6.07, 6.45) is 0. The molecule has 0 aliphatic rings. The summed E-state index contributed by atoms with van der Waals surface area (Å²) < 4.78 is 0. The van der Waals surface area contributed by atoms with Crippen LogP contribution < -0.4 is 5.32 Å². The third-order valence-corrected chi connectivity index (χ3v) is 4.69. The molecular formula is C18H17ClN4OS. The molecule has 0 aliphatic carbocycles. The molecule has 2 aromatic carbocycles. The van der Waals surface area contributed by atoms with E-state index in [1.165, 1.54) is 11.8 Å². The van der Waals surface area contributed by atoms with Crippen molar-refractivity contribution in [2.45, 2.75) is 18.1 Å². The van der Waals surface area contributed by atoms with Crippen LogP contribution >= 0.6 is 23.4 Å². The molecule has 0 saturated heterocycles. The van der Waals surface area contributed by atoms with Crippen molar-refractivity contribution in [2.75, 3.05) is 5.75 Å². The number of aromatic amines is 1. The van der Waals surface area contributed by atoms with E-state index in [4.69, 9.17) is 11.6 Å². The summed E-state index contributed by atoms with van der Waals surface area (Å²) in [7, 11) is 0. The molecule has 0 radical (unpaired) electrons. The quantitative estimate of drug-likeness (QED) is 0.639. The molecule has 25 heavy (non-hydrogen) atoms. The van der Waals surface area contributed by atoms with Gasteiger partial charge in [-0.3, -0.25) is 9.89 Å². The number of nitrogens with one attached hydrogen (secondary N) is 2. The first-order valence-electron chi connectivity index (χ1n) is 7.77.